The Hall–Kier alpha value is -1.31. The van der Waals surface area contributed by atoms with Crippen LogP contribution in [0.1, 0.15) is 15.9 Å². The van der Waals surface area contributed by atoms with Crippen molar-refractivity contribution in [1.29, 1.82) is 0 Å². The molecule has 0 N–H and O–H groups in total. The number of hydrogen-bond acceptors (Lipinski definition) is 4. The summed E-state index contributed by atoms with van der Waals surface area (Å²) in [6.45, 7) is 0. The number of aromatic nitrogens is 1. The lowest BCUT2D eigenvalue weighted by Gasteiger charge is -2.14. The second-order valence-electron chi connectivity index (χ2n) is 2.82. The van der Waals surface area contributed by atoms with E-state index in [1.165, 1.54) is 7.11 Å². The summed E-state index contributed by atoms with van der Waals surface area (Å²) in [5.41, 5.74) is -0.0460. The molecule has 0 aliphatic heterocycles. The second-order valence-corrected chi connectivity index (χ2v) is 3.38. The SMILES string of the molecule is COc1ncc(OC(F)(F)F)c(C=O)c1CBr. The van der Waals surface area contributed by atoms with Crippen LogP contribution in [0.4, 0.5) is 13.2 Å². The van der Waals surface area contributed by atoms with Crippen LogP contribution in [0.5, 0.6) is 11.6 Å². The molecule has 8 heteroatoms. The third-order valence-electron chi connectivity index (χ3n) is 1.82. The van der Waals surface area contributed by atoms with Gasteiger partial charge in [-0.25, -0.2) is 4.98 Å². The Balaban J connectivity index is 3.28. The number of halogens is 4. The Labute approximate surface area is 103 Å². The molecule has 1 aromatic rings. The number of methoxy groups -OCH3 is 1. The van der Waals surface area contributed by atoms with Gasteiger partial charge in [0.2, 0.25) is 5.88 Å². The van der Waals surface area contributed by atoms with Gasteiger partial charge in [0, 0.05) is 10.9 Å². The van der Waals surface area contributed by atoms with Gasteiger partial charge in [-0.2, -0.15) is 0 Å². The number of ether oxygens (including phenoxy) is 2. The van der Waals surface area contributed by atoms with E-state index < -0.39 is 12.1 Å². The highest BCUT2D eigenvalue weighted by Crippen LogP contribution is 2.31. The highest BCUT2D eigenvalue weighted by atomic mass is 79.9. The van der Waals surface area contributed by atoms with Crippen molar-refractivity contribution in [3.05, 3.63) is 17.3 Å². The van der Waals surface area contributed by atoms with Crippen LogP contribution in [0.2, 0.25) is 0 Å². The molecule has 1 heterocycles. The number of carbonyl (C=O) groups excluding carboxylic acids is 1. The van der Waals surface area contributed by atoms with Crippen LogP contribution < -0.4 is 9.47 Å². The first-order valence-electron chi connectivity index (χ1n) is 4.25. The number of rotatable bonds is 4. The smallest absolute Gasteiger partial charge is 0.481 e. The van der Waals surface area contributed by atoms with Crippen LogP contribution in [0.15, 0.2) is 6.20 Å². The molecular weight excluding hydrogens is 307 g/mol. The number of carbonyl (C=O) groups is 1. The molecule has 94 valence electrons. The van der Waals surface area contributed by atoms with Gasteiger partial charge in [-0.3, -0.25) is 4.79 Å². The lowest BCUT2D eigenvalue weighted by Crippen LogP contribution is -2.19. The summed E-state index contributed by atoms with van der Waals surface area (Å²) in [4.78, 5) is 14.4. The third kappa shape index (κ3) is 3.32. The zero-order valence-corrected chi connectivity index (χ0v) is 10.1. The Morgan fingerprint density at radius 2 is 2.18 bits per heavy atom. The molecule has 0 amide bonds. The van der Waals surface area contributed by atoms with Crippen LogP contribution in [-0.2, 0) is 5.33 Å². The Kier molecular flexibility index (Phi) is 4.33. The number of hydrogen-bond donors (Lipinski definition) is 0. The van der Waals surface area contributed by atoms with Gasteiger partial charge in [0.25, 0.3) is 0 Å². The zero-order valence-electron chi connectivity index (χ0n) is 8.55. The minimum Gasteiger partial charge on any atom is -0.481 e. The fourth-order valence-electron chi connectivity index (χ4n) is 1.17. The first-order valence-corrected chi connectivity index (χ1v) is 5.37. The van der Waals surface area contributed by atoms with Gasteiger partial charge in [-0.15, -0.1) is 13.2 Å². The van der Waals surface area contributed by atoms with Crippen molar-refractivity contribution in [1.82, 2.24) is 4.98 Å². The Bertz CT molecular complexity index is 423. The summed E-state index contributed by atoms with van der Waals surface area (Å²) in [5.74, 6) is -0.582. The van der Waals surface area contributed by atoms with Gasteiger partial charge in [0.1, 0.15) is 0 Å². The molecule has 0 aliphatic rings. The molecule has 17 heavy (non-hydrogen) atoms. The predicted octanol–water partition coefficient (Wildman–Crippen LogP) is 2.70. The van der Waals surface area contributed by atoms with Gasteiger partial charge >= 0.3 is 6.36 Å². The van der Waals surface area contributed by atoms with Crippen molar-refractivity contribution in [3.8, 4) is 11.6 Å². The van der Waals surface area contributed by atoms with Crippen molar-refractivity contribution in [3.63, 3.8) is 0 Å². The van der Waals surface area contributed by atoms with Gasteiger partial charge in [0.05, 0.1) is 18.9 Å². The van der Waals surface area contributed by atoms with Crippen LogP contribution >= 0.6 is 15.9 Å². The molecule has 0 fully saturated rings. The van der Waals surface area contributed by atoms with Crippen molar-refractivity contribution < 1.29 is 27.4 Å². The first kappa shape index (κ1) is 13.8. The van der Waals surface area contributed by atoms with Crippen molar-refractivity contribution >= 4 is 22.2 Å². The van der Waals surface area contributed by atoms with Crippen LogP contribution in [-0.4, -0.2) is 24.7 Å². The van der Waals surface area contributed by atoms with E-state index >= 15 is 0 Å². The number of aldehydes is 1. The molecule has 0 atom stereocenters. The lowest BCUT2D eigenvalue weighted by atomic mass is 10.1. The first-order chi connectivity index (χ1) is 7.92. The second kappa shape index (κ2) is 5.35. The molecule has 0 aromatic carbocycles. The molecule has 1 aromatic heterocycles. The third-order valence-corrected chi connectivity index (χ3v) is 2.38. The average Bonchev–Trinajstić information content (AvgIpc) is 2.26. The molecule has 0 radical (unpaired) electrons. The summed E-state index contributed by atoms with van der Waals surface area (Å²) < 4.78 is 44.7. The van der Waals surface area contributed by atoms with Crippen LogP contribution in [0, 0.1) is 0 Å². The normalized spacial score (nSPS) is 11.1. The topological polar surface area (TPSA) is 48.4 Å². The zero-order chi connectivity index (χ0) is 13.1. The highest BCUT2D eigenvalue weighted by Gasteiger charge is 2.33. The summed E-state index contributed by atoms with van der Waals surface area (Å²) >= 11 is 3.04. The maximum absolute atomic E-state index is 12.1. The van der Waals surface area contributed by atoms with E-state index in [0.717, 1.165) is 6.20 Å². The molecular formula is C9H7BrF3NO3. The number of nitrogens with zero attached hydrogens (tertiary/aromatic N) is 1. The highest BCUT2D eigenvalue weighted by molar-refractivity contribution is 9.08. The quantitative estimate of drug-likeness (QED) is 0.633. The van der Waals surface area contributed by atoms with Crippen molar-refractivity contribution in [2.75, 3.05) is 7.11 Å². The number of pyridine rings is 1. The van der Waals surface area contributed by atoms with E-state index in [4.69, 9.17) is 4.74 Å². The van der Waals surface area contributed by atoms with Gasteiger partial charge in [-0.1, -0.05) is 15.9 Å². The Morgan fingerprint density at radius 3 is 2.59 bits per heavy atom. The summed E-state index contributed by atoms with van der Waals surface area (Å²) in [7, 11) is 1.30. The maximum Gasteiger partial charge on any atom is 0.573 e. The molecule has 0 saturated heterocycles. The average molecular weight is 314 g/mol. The van der Waals surface area contributed by atoms with E-state index in [-0.39, 0.29) is 28.6 Å². The lowest BCUT2D eigenvalue weighted by molar-refractivity contribution is -0.274. The van der Waals surface area contributed by atoms with E-state index in [2.05, 4.69) is 25.7 Å². The van der Waals surface area contributed by atoms with E-state index in [9.17, 15) is 18.0 Å². The molecule has 0 saturated carbocycles. The largest absolute Gasteiger partial charge is 0.573 e. The predicted molar refractivity (Wildman–Crippen MR) is 55.5 cm³/mol. The summed E-state index contributed by atoms with van der Waals surface area (Å²) in [5, 5.41) is 0.117. The van der Waals surface area contributed by atoms with Crippen LogP contribution in [0.25, 0.3) is 0 Å². The standard InChI is InChI=1S/C9H7BrF3NO3/c1-16-8-5(2-10)6(4-15)7(3-14-8)17-9(11,12)13/h3-4H,2H2,1H3. The van der Waals surface area contributed by atoms with Gasteiger partial charge in [0.15, 0.2) is 12.0 Å². The minimum atomic E-state index is -4.88. The van der Waals surface area contributed by atoms with E-state index in [1.807, 2.05) is 0 Å². The van der Waals surface area contributed by atoms with Gasteiger partial charge in [-0.05, 0) is 0 Å². The summed E-state index contributed by atoms with van der Waals surface area (Å²) in [6.07, 6.45) is -3.82. The fraction of sp³-hybridized carbons (Fsp3) is 0.333. The van der Waals surface area contributed by atoms with E-state index in [1.54, 1.807) is 0 Å². The molecule has 4 nitrogen and oxygen atoms in total. The molecule has 1 rings (SSSR count). The van der Waals surface area contributed by atoms with E-state index in [0.29, 0.717) is 0 Å². The summed E-state index contributed by atoms with van der Waals surface area (Å²) in [6, 6.07) is 0. The number of alkyl halides is 4. The Morgan fingerprint density at radius 1 is 1.53 bits per heavy atom. The van der Waals surface area contributed by atoms with Crippen molar-refractivity contribution in [2.45, 2.75) is 11.7 Å². The molecule has 0 unspecified atom stereocenters. The fourth-order valence-corrected chi connectivity index (χ4v) is 1.71. The molecule has 0 bridgehead atoms. The minimum absolute atomic E-state index is 0.0681. The molecule has 0 spiro atoms. The van der Waals surface area contributed by atoms with Crippen molar-refractivity contribution in [2.24, 2.45) is 0 Å². The molecule has 0 aliphatic carbocycles. The maximum atomic E-state index is 12.1. The van der Waals surface area contributed by atoms with Crippen LogP contribution in [0.3, 0.4) is 0 Å². The van der Waals surface area contributed by atoms with Gasteiger partial charge < -0.3 is 9.47 Å². The monoisotopic (exact) mass is 313 g/mol.